The molecule has 5 rings (SSSR count). The maximum absolute atomic E-state index is 11.9. The van der Waals surface area contributed by atoms with Gasteiger partial charge in [0.15, 0.2) is 0 Å². The van der Waals surface area contributed by atoms with Crippen LogP contribution in [-0.4, -0.2) is 15.5 Å². The van der Waals surface area contributed by atoms with Crippen LogP contribution >= 0.6 is 0 Å². The number of para-hydroxylation sites is 2. The number of hydrogen-bond acceptors (Lipinski definition) is 3. The zero-order valence-electron chi connectivity index (χ0n) is 15.4. The van der Waals surface area contributed by atoms with Gasteiger partial charge in [-0.15, -0.1) is 0 Å². The van der Waals surface area contributed by atoms with Crippen molar-refractivity contribution in [3.63, 3.8) is 0 Å². The van der Waals surface area contributed by atoms with Crippen LogP contribution in [0.3, 0.4) is 0 Å². The van der Waals surface area contributed by atoms with Crippen LogP contribution in [0, 0.1) is 5.92 Å². The smallest absolute Gasteiger partial charge is 0.314 e. The third-order valence-corrected chi connectivity index (χ3v) is 5.08. The minimum absolute atomic E-state index is 0.0924. The Labute approximate surface area is 163 Å². The molecule has 0 N–H and O–H groups in total. The third kappa shape index (κ3) is 3.29. The number of carbonyl (C=O) groups is 1. The summed E-state index contributed by atoms with van der Waals surface area (Å²) in [5.74, 6) is 1.47. The highest BCUT2D eigenvalue weighted by molar-refractivity contribution is 5.81. The second-order valence-electron chi connectivity index (χ2n) is 7.22. The van der Waals surface area contributed by atoms with Gasteiger partial charge < -0.3 is 9.30 Å². The van der Waals surface area contributed by atoms with Gasteiger partial charge in [-0.05, 0) is 54.8 Å². The molecule has 1 heterocycles. The summed E-state index contributed by atoms with van der Waals surface area (Å²) in [5.41, 5.74) is 4.29. The summed E-state index contributed by atoms with van der Waals surface area (Å²) in [4.78, 5) is 16.7. The van der Waals surface area contributed by atoms with Crippen LogP contribution in [0.4, 0.5) is 0 Å². The molecule has 0 saturated heterocycles. The predicted octanol–water partition coefficient (Wildman–Crippen LogP) is 5.07. The van der Waals surface area contributed by atoms with Gasteiger partial charge >= 0.3 is 5.97 Å². The Hall–Kier alpha value is -3.40. The standard InChI is InChI=1S/C24H20N2O2/c27-24(19-10-11-19)28-20-14-12-18(13-15-20)23-25-21-8-4-5-9-22(21)26(23)16-17-6-2-1-3-7-17/h1-9,12-15,19H,10-11,16H2. The number of carbonyl (C=O) groups excluding carboxylic acids is 1. The lowest BCUT2D eigenvalue weighted by Gasteiger charge is -2.10. The summed E-state index contributed by atoms with van der Waals surface area (Å²) in [6, 6.07) is 26.2. The number of fused-ring (bicyclic) bond motifs is 1. The summed E-state index contributed by atoms with van der Waals surface area (Å²) in [5, 5.41) is 0. The second-order valence-corrected chi connectivity index (χ2v) is 7.22. The molecule has 0 radical (unpaired) electrons. The molecule has 28 heavy (non-hydrogen) atoms. The largest absolute Gasteiger partial charge is 0.426 e. The first-order chi connectivity index (χ1) is 13.8. The first kappa shape index (κ1) is 16.8. The Morgan fingerprint density at radius 3 is 2.39 bits per heavy atom. The third-order valence-electron chi connectivity index (χ3n) is 5.08. The number of nitrogens with zero attached hydrogens (tertiary/aromatic N) is 2. The molecular formula is C24H20N2O2. The van der Waals surface area contributed by atoms with E-state index < -0.39 is 0 Å². The highest BCUT2D eigenvalue weighted by Gasteiger charge is 2.31. The van der Waals surface area contributed by atoms with Crippen LogP contribution in [0.1, 0.15) is 18.4 Å². The first-order valence-electron chi connectivity index (χ1n) is 9.59. The normalized spacial score (nSPS) is 13.6. The average Bonchev–Trinajstić information content (AvgIpc) is 3.53. The molecule has 0 aliphatic heterocycles. The molecule has 4 nitrogen and oxygen atoms in total. The van der Waals surface area contributed by atoms with Crippen molar-refractivity contribution < 1.29 is 9.53 Å². The second kappa shape index (κ2) is 6.97. The minimum Gasteiger partial charge on any atom is -0.426 e. The number of hydrogen-bond donors (Lipinski definition) is 0. The maximum Gasteiger partial charge on any atom is 0.314 e. The summed E-state index contributed by atoms with van der Waals surface area (Å²) in [6.45, 7) is 0.745. The van der Waals surface area contributed by atoms with E-state index in [9.17, 15) is 4.79 Å². The number of esters is 1. The van der Waals surface area contributed by atoms with Gasteiger partial charge in [0.2, 0.25) is 0 Å². The van der Waals surface area contributed by atoms with E-state index >= 15 is 0 Å². The van der Waals surface area contributed by atoms with Crippen LogP contribution in [0.15, 0.2) is 78.9 Å². The van der Waals surface area contributed by atoms with Crippen molar-refractivity contribution in [2.45, 2.75) is 19.4 Å². The molecule has 1 saturated carbocycles. The van der Waals surface area contributed by atoms with Crippen LogP contribution in [-0.2, 0) is 11.3 Å². The molecule has 1 fully saturated rings. The van der Waals surface area contributed by atoms with E-state index in [2.05, 4.69) is 34.9 Å². The van der Waals surface area contributed by atoms with Crippen molar-refractivity contribution in [1.82, 2.24) is 9.55 Å². The van der Waals surface area contributed by atoms with E-state index in [-0.39, 0.29) is 11.9 Å². The summed E-state index contributed by atoms with van der Waals surface area (Å²) >= 11 is 0. The Bertz CT molecular complexity index is 1130. The fraction of sp³-hybridized carbons (Fsp3) is 0.167. The molecule has 4 heteroatoms. The molecule has 1 aromatic heterocycles. The number of rotatable bonds is 5. The summed E-state index contributed by atoms with van der Waals surface area (Å²) < 4.78 is 7.68. The minimum atomic E-state index is -0.121. The van der Waals surface area contributed by atoms with Gasteiger partial charge in [0, 0.05) is 12.1 Å². The average molecular weight is 368 g/mol. The van der Waals surface area contributed by atoms with E-state index in [4.69, 9.17) is 9.72 Å². The highest BCUT2D eigenvalue weighted by Crippen LogP contribution is 2.32. The molecular weight excluding hydrogens is 348 g/mol. The summed E-state index contributed by atoms with van der Waals surface area (Å²) in [6.07, 6.45) is 1.89. The SMILES string of the molecule is O=C(Oc1ccc(-c2nc3ccccc3n2Cc2ccccc2)cc1)C1CC1. The zero-order valence-corrected chi connectivity index (χ0v) is 15.4. The highest BCUT2D eigenvalue weighted by atomic mass is 16.5. The van der Waals surface area contributed by atoms with Gasteiger partial charge in [-0.1, -0.05) is 42.5 Å². The van der Waals surface area contributed by atoms with Gasteiger partial charge in [-0.3, -0.25) is 4.79 Å². The van der Waals surface area contributed by atoms with Crippen molar-refractivity contribution in [1.29, 1.82) is 0 Å². The fourth-order valence-electron chi connectivity index (χ4n) is 3.41. The Morgan fingerprint density at radius 1 is 0.929 bits per heavy atom. The first-order valence-corrected chi connectivity index (χ1v) is 9.59. The molecule has 0 unspecified atom stereocenters. The Balaban J connectivity index is 1.51. The molecule has 0 atom stereocenters. The lowest BCUT2D eigenvalue weighted by Crippen LogP contribution is -2.09. The maximum atomic E-state index is 11.9. The lowest BCUT2D eigenvalue weighted by molar-refractivity contribution is -0.135. The molecule has 3 aromatic carbocycles. The topological polar surface area (TPSA) is 44.1 Å². The van der Waals surface area contributed by atoms with Gasteiger partial charge in [0.05, 0.1) is 17.0 Å². The van der Waals surface area contributed by atoms with E-state index in [1.54, 1.807) is 0 Å². The quantitative estimate of drug-likeness (QED) is 0.365. The van der Waals surface area contributed by atoms with E-state index in [0.29, 0.717) is 5.75 Å². The Morgan fingerprint density at radius 2 is 1.64 bits per heavy atom. The number of imidazole rings is 1. The van der Waals surface area contributed by atoms with Crippen molar-refractivity contribution in [3.8, 4) is 17.1 Å². The molecule has 1 aliphatic carbocycles. The molecule has 1 aliphatic rings. The number of benzene rings is 3. The van der Waals surface area contributed by atoms with E-state index in [1.165, 1.54) is 5.56 Å². The van der Waals surface area contributed by atoms with Gasteiger partial charge in [-0.25, -0.2) is 4.98 Å². The van der Waals surface area contributed by atoms with Gasteiger partial charge in [0.1, 0.15) is 11.6 Å². The van der Waals surface area contributed by atoms with Crippen molar-refractivity contribution in [2.75, 3.05) is 0 Å². The van der Waals surface area contributed by atoms with Crippen LogP contribution in [0.5, 0.6) is 5.75 Å². The van der Waals surface area contributed by atoms with Gasteiger partial charge in [-0.2, -0.15) is 0 Å². The van der Waals surface area contributed by atoms with E-state index in [0.717, 1.165) is 41.8 Å². The Kier molecular flexibility index (Phi) is 4.17. The van der Waals surface area contributed by atoms with Crippen LogP contribution < -0.4 is 4.74 Å². The van der Waals surface area contributed by atoms with Crippen LogP contribution in [0.25, 0.3) is 22.4 Å². The number of ether oxygens (including phenoxy) is 1. The lowest BCUT2D eigenvalue weighted by atomic mass is 10.2. The monoisotopic (exact) mass is 368 g/mol. The molecule has 0 spiro atoms. The van der Waals surface area contributed by atoms with Crippen LogP contribution in [0.2, 0.25) is 0 Å². The summed E-state index contributed by atoms with van der Waals surface area (Å²) in [7, 11) is 0. The van der Waals surface area contributed by atoms with E-state index in [1.807, 2.05) is 48.5 Å². The molecule has 0 amide bonds. The van der Waals surface area contributed by atoms with Crippen molar-refractivity contribution in [2.24, 2.45) is 5.92 Å². The predicted molar refractivity (Wildman–Crippen MR) is 109 cm³/mol. The molecule has 0 bridgehead atoms. The molecule has 138 valence electrons. The number of aromatic nitrogens is 2. The van der Waals surface area contributed by atoms with Gasteiger partial charge in [0.25, 0.3) is 0 Å². The zero-order chi connectivity index (χ0) is 18.9. The fourth-order valence-corrected chi connectivity index (χ4v) is 3.41. The van der Waals surface area contributed by atoms with Crippen molar-refractivity contribution >= 4 is 17.0 Å². The molecule has 4 aromatic rings. The van der Waals surface area contributed by atoms with Crippen molar-refractivity contribution in [3.05, 3.63) is 84.4 Å².